The highest BCUT2D eigenvalue weighted by Gasteiger charge is 2.36. The number of pyridine rings is 1. The molecule has 2 aromatic heterocycles. The third-order valence-electron chi connectivity index (χ3n) is 4.97. The molecule has 1 aliphatic carbocycles. The second-order valence-electron chi connectivity index (χ2n) is 6.85. The molecule has 3 aromatic rings. The molecule has 0 saturated heterocycles. The van der Waals surface area contributed by atoms with E-state index >= 15 is 0 Å². The number of hydrogen-bond acceptors (Lipinski definition) is 5. The van der Waals surface area contributed by atoms with Gasteiger partial charge in [-0.25, -0.2) is 0 Å². The number of aliphatic hydroxyl groups is 1. The summed E-state index contributed by atoms with van der Waals surface area (Å²) in [6.07, 6.45) is 2.79. The van der Waals surface area contributed by atoms with Crippen LogP contribution in [0.1, 0.15) is 41.9 Å². The van der Waals surface area contributed by atoms with Crippen LogP contribution in [0.4, 0.5) is 0 Å². The Morgan fingerprint density at radius 1 is 1.33 bits per heavy atom. The molecule has 1 unspecified atom stereocenters. The van der Waals surface area contributed by atoms with E-state index in [0.29, 0.717) is 25.4 Å². The molecule has 4 rings (SSSR count). The highest BCUT2D eigenvalue weighted by atomic mass is 16.6. The van der Waals surface area contributed by atoms with E-state index in [0.717, 1.165) is 16.5 Å². The first-order valence-corrected chi connectivity index (χ1v) is 9.20. The van der Waals surface area contributed by atoms with E-state index in [4.69, 9.17) is 9.15 Å². The Labute approximate surface area is 157 Å². The molecule has 140 valence electrons. The predicted molar refractivity (Wildman–Crippen MR) is 101 cm³/mol. The molecule has 1 aromatic carbocycles. The van der Waals surface area contributed by atoms with E-state index < -0.39 is 0 Å². The van der Waals surface area contributed by atoms with E-state index in [-0.39, 0.29) is 29.7 Å². The van der Waals surface area contributed by atoms with Crippen molar-refractivity contribution in [3.8, 4) is 5.95 Å². The molecule has 1 saturated carbocycles. The first kappa shape index (κ1) is 17.5. The van der Waals surface area contributed by atoms with Gasteiger partial charge in [0.25, 0.3) is 11.9 Å². The second-order valence-corrected chi connectivity index (χ2v) is 6.85. The minimum Gasteiger partial charge on any atom is -0.465 e. The Kier molecular flexibility index (Phi) is 4.81. The maximum atomic E-state index is 12.7. The number of fused-ring (bicyclic) bond motifs is 1. The molecule has 1 atom stereocenters. The Morgan fingerprint density at radius 2 is 2.15 bits per heavy atom. The number of benzene rings is 1. The number of para-hydroxylation sites is 1. The highest BCUT2D eigenvalue weighted by molar-refractivity contribution is 5.92. The fourth-order valence-electron chi connectivity index (χ4n) is 3.51. The Morgan fingerprint density at radius 3 is 2.93 bits per heavy atom. The van der Waals surface area contributed by atoms with Crippen molar-refractivity contribution in [2.45, 2.75) is 31.9 Å². The average Bonchev–Trinajstić information content (AvgIpc) is 3.12. The largest absolute Gasteiger partial charge is 0.465 e. The third kappa shape index (κ3) is 3.66. The zero-order chi connectivity index (χ0) is 18.8. The van der Waals surface area contributed by atoms with Crippen molar-refractivity contribution >= 4 is 16.8 Å². The van der Waals surface area contributed by atoms with Gasteiger partial charge < -0.3 is 19.6 Å². The van der Waals surface area contributed by atoms with E-state index in [2.05, 4.69) is 10.3 Å². The van der Waals surface area contributed by atoms with Crippen molar-refractivity contribution in [3.63, 3.8) is 0 Å². The molecular weight excluding hydrogens is 344 g/mol. The third-order valence-corrected chi connectivity index (χ3v) is 4.97. The molecule has 2 heterocycles. The van der Waals surface area contributed by atoms with Gasteiger partial charge in [-0.15, -0.1) is 0 Å². The summed E-state index contributed by atoms with van der Waals surface area (Å²) in [7, 11) is 0. The van der Waals surface area contributed by atoms with E-state index in [1.807, 2.05) is 37.3 Å². The molecule has 0 bridgehead atoms. The molecule has 2 N–H and O–H groups in total. The van der Waals surface area contributed by atoms with Gasteiger partial charge in [-0.2, -0.15) is 0 Å². The number of nitrogens with zero attached hydrogens (tertiary/aromatic N) is 1. The Balaban J connectivity index is 1.59. The molecule has 0 spiro atoms. The van der Waals surface area contributed by atoms with Crippen LogP contribution in [-0.2, 0) is 0 Å². The fourth-order valence-corrected chi connectivity index (χ4v) is 3.51. The van der Waals surface area contributed by atoms with Gasteiger partial charge in [0, 0.05) is 17.6 Å². The fraction of sp³-hybridized carbons (Fsp3) is 0.333. The van der Waals surface area contributed by atoms with Gasteiger partial charge in [-0.3, -0.25) is 9.78 Å². The van der Waals surface area contributed by atoms with Crippen molar-refractivity contribution < 1.29 is 19.1 Å². The van der Waals surface area contributed by atoms with Crippen LogP contribution in [0.2, 0.25) is 0 Å². The summed E-state index contributed by atoms with van der Waals surface area (Å²) in [6.45, 7) is 2.33. The number of hydrogen-bond donors (Lipinski definition) is 2. The quantitative estimate of drug-likeness (QED) is 0.698. The van der Waals surface area contributed by atoms with Gasteiger partial charge in [-0.1, -0.05) is 18.2 Å². The molecule has 1 aliphatic rings. The summed E-state index contributed by atoms with van der Waals surface area (Å²) in [5.41, 5.74) is 1.84. The smallest absolute Gasteiger partial charge is 0.287 e. The van der Waals surface area contributed by atoms with Gasteiger partial charge >= 0.3 is 0 Å². The number of carbonyl (C=O) groups excluding carboxylic acids is 1. The Bertz CT molecular complexity index is 946. The molecule has 0 aliphatic heterocycles. The minimum absolute atomic E-state index is 0.160. The van der Waals surface area contributed by atoms with Gasteiger partial charge in [-0.05, 0) is 49.4 Å². The lowest BCUT2D eigenvalue weighted by Gasteiger charge is -2.38. The molecule has 6 nitrogen and oxygen atoms in total. The SMILES string of the molecule is CCOc1ccc(C(=O)NC(c2cnc3ccccc3c2)C2CC(O)C2)o1. The predicted octanol–water partition coefficient (Wildman–Crippen LogP) is 3.47. The van der Waals surface area contributed by atoms with Gasteiger partial charge in [0.2, 0.25) is 0 Å². The summed E-state index contributed by atoms with van der Waals surface area (Å²) in [4.78, 5) is 17.2. The molecule has 1 fully saturated rings. The number of nitrogens with one attached hydrogen (secondary N) is 1. The van der Waals surface area contributed by atoms with Crippen LogP contribution in [0.15, 0.2) is 53.1 Å². The topological polar surface area (TPSA) is 84.6 Å². The zero-order valence-electron chi connectivity index (χ0n) is 15.1. The molecule has 0 radical (unpaired) electrons. The van der Waals surface area contributed by atoms with Crippen LogP contribution in [0.3, 0.4) is 0 Å². The van der Waals surface area contributed by atoms with Crippen LogP contribution in [0, 0.1) is 5.92 Å². The van der Waals surface area contributed by atoms with Crippen molar-refractivity contribution in [1.29, 1.82) is 0 Å². The van der Waals surface area contributed by atoms with Crippen molar-refractivity contribution in [2.75, 3.05) is 6.61 Å². The molecule has 6 heteroatoms. The number of aromatic nitrogens is 1. The monoisotopic (exact) mass is 366 g/mol. The number of furan rings is 1. The second kappa shape index (κ2) is 7.40. The summed E-state index contributed by atoms with van der Waals surface area (Å²) in [5, 5.41) is 13.8. The summed E-state index contributed by atoms with van der Waals surface area (Å²) in [6, 6.07) is 12.9. The highest BCUT2D eigenvalue weighted by Crippen LogP contribution is 2.38. The lowest BCUT2D eigenvalue weighted by atomic mass is 9.75. The van der Waals surface area contributed by atoms with Crippen LogP contribution < -0.4 is 10.1 Å². The maximum Gasteiger partial charge on any atom is 0.287 e. The van der Waals surface area contributed by atoms with Crippen LogP contribution in [0.5, 0.6) is 5.95 Å². The number of rotatable bonds is 6. The van der Waals surface area contributed by atoms with Gasteiger partial charge in [0.15, 0.2) is 5.76 Å². The van der Waals surface area contributed by atoms with Gasteiger partial charge in [0.1, 0.15) is 0 Å². The lowest BCUT2D eigenvalue weighted by molar-refractivity contribution is 0.0231. The summed E-state index contributed by atoms with van der Waals surface area (Å²) in [5.74, 6) is 0.386. The van der Waals surface area contributed by atoms with E-state index in [9.17, 15) is 9.90 Å². The number of amides is 1. The van der Waals surface area contributed by atoms with E-state index in [1.54, 1.807) is 18.3 Å². The lowest BCUT2D eigenvalue weighted by Crippen LogP contribution is -2.41. The first-order chi connectivity index (χ1) is 13.1. The number of aliphatic hydroxyl groups excluding tert-OH is 1. The normalized spacial score (nSPS) is 20.1. The maximum absolute atomic E-state index is 12.7. The minimum atomic E-state index is -0.309. The molecular formula is C21H22N2O4. The first-order valence-electron chi connectivity index (χ1n) is 9.20. The Hall–Kier alpha value is -2.86. The standard InChI is InChI=1S/C21H22N2O4/c1-2-26-19-8-7-18(27-19)21(25)23-20(14-10-16(24)11-14)15-9-13-5-3-4-6-17(13)22-12-15/h3-9,12,14,16,20,24H,2,10-11H2,1H3,(H,23,25). The summed E-state index contributed by atoms with van der Waals surface area (Å²) >= 11 is 0. The van der Waals surface area contributed by atoms with Crippen molar-refractivity contribution in [2.24, 2.45) is 5.92 Å². The summed E-state index contributed by atoms with van der Waals surface area (Å²) < 4.78 is 10.7. The van der Waals surface area contributed by atoms with Crippen molar-refractivity contribution in [1.82, 2.24) is 10.3 Å². The van der Waals surface area contributed by atoms with Crippen molar-refractivity contribution in [3.05, 3.63) is 60.0 Å². The zero-order valence-corrected chi connectivity index (χ0v) is 15.1. The van der Waals surface area contributed by atoms with Crippen LogP contribution in [0.25, 0.3) is 10.9 Å². The van der Waals surface area contributed by atoms with E-state index in [1.165, 1.54) is 0 Å². The van der Waals surface area contributed by atoms with Crippen LogP contribution >= 0.6 is 0 Å². The van der Waals surface area contributed by atoms with Crippen LogP contribution in [-0.4, -0.2) is 28.7 Å². The molecule has 1 amide bonds. The average molecular weight is 366 g/mol. The molecule has 27 heavy (non-hydrogen) atoms. The number of ether oxygens (including phenoxy) is 1. The number of carbonyl (C=O) groups is 1. The van der Waals surface area contributed by atoms with Gasteiger partial charge in [0.05, 0.1) is 24.3 Å².